The molecule has 0 aliphatic heterocycles. The van der Waals surface area contributed by atoms with E-state index in [0.717, 1.165) is 60.9 Å². The van der Waals surface area contributed by atoms with Gasteiger partial charge in [0.05, 0.1) is 11.5 Å². The third-order valence-electron chi connectivity index (χ3n) is 12.5. The van der Waals surface area contributed by atoms with Crippen molar-refractivity contribution in [2.24, 2.45) is 40.4 Å². The summed E-state index contributed by atoms with van der Waals surface area (Å²) in [7, 11) is 0. The fourth-order valence-corrected chi connectivity index (χ4v) is 10.6. The Morgan fingerprint density at radius 3 is 2.10 bits per heavy atom. The number of ketones is 5. The van der Waals surface area contributed by atoms with Gasteiger partial charge in [0, 0.05) is 11.3 Å². The summed E-state index contributed by atoms with van der Waals surface area (Å²) in [5.41, 5.74) is -1.77. The smallest absolute Gasteiger partial charge is 0.190 e. The van der Waals surface area contributed by atoms with Crippen LogP contribution in [0.4, 0.5) is 0 Å². The quantitative estimate of drug-likeness (QED) is 0.223. The lowest BCUT2D eigenvalue weighted by molar-refractivity contribution is -0.205. The lowest BCUT2D eigenvalue weighted by Crippen LogP contribution is -2.76. The minimum Gasteiger partial charge on any atom is -0.507 e. The number of Topliss-reactive ketones (excluding diaryl/α,β-unsaturated/α-hetero) is 5. The first-order valence-electron chi connectivity index (χ1n) is 18.3. The van der Waals surface area contributed by atoms with Crippen molar-refractivity contribution in [2.75, 3.05) is 0 Å². The SMILES string of the molecule is CCCC(CCC)Cc1ccc(-c2ccc(O)c3c2C[C@]2(C)C[C@]4(C)C(C(C)C)C(=O)C(C(C)=O)C(=O)[C@]4(O)C(=O)C2C3=O)c2ccccc12. The minimum absolute atomic E-state index is 0.0208. The van der Waals surface area contributed by atoms with Gasteiger partial charge in [-0.2, -0.15) is 0 Å². The first-order valence-corrected chi connectivity index (χ1v) is 18.3. The molecule has 3 aliphatic rings. The molecular weight excluding hydrogens is 628 g/mol. The molecule has 0 heterocycles. The maximum Gasteiger partial charge on any atom is 0.190 e. The van der Waals surface area contributed by atoms with Crippen molar-refractivity contribution in [3.05, 3.63) is 65.2 Å². The average molecular weight is 679 g/mol. The minimum atomic E-state index is -2.71. The number of benzene rings is 3. The second-order valence-corrected chi connectivity index (χ2v) is 16.3. The van der Waals surface area contributed by atoms with Crippen LogP contribution in [-0.4, -0.2) is 44.7 Å². The molecule has 2 N–H and O–H groups in total. The monoisotopic (exact) mass is 678 g/mol. The number of phenolic OH excluding ortho intramolecular Hbond substituents is 1. The number of carbonyl (C=O) groups is 5. The lowest BCUT2D eigenvalue weighted by atomic mass is 9.40. The highest BCUT2D eigenvalue weighted by atomic mass is 16.3. The van der Waals surface area contributed by atoms with E-state index in [1.807, 2.05) is 25.1 Å². The fourth-order valence-electron chi connectivity index (χ4n) is 10.6. The zero-order valence-corrected chi connectivity index (χ0v) is 30.4. The molecule has 0 amide bonds. The van der Waals surface area contributed by atoms with Crippen LogP contribution in [0.3, 0.4) is 0 Å². The molecular formula is C43H50O7. The third-order valence-corrected chi connectivity index (χ3v) is 12.5. The molecule has 0 radical (unpaired) electrons. The van der Waals surface area contributed by atoms with E-state index < -0.39 is 69.0 Å². The third kappa shape index (κ3) is 5.05. The number of aliphatic hydroxyl groups is 1. The highest BCUT2D eigenvalue weighted by Gasteiger charge is 2.76. The van der Waals surface area contributed by atoms with Gasteiger partial charge in [-0.15, -0.1) is 0 Å². The first-order chi connectivity index (χ1) is 23.6. The number of carbonyl (C=O) groups excluding carboxylic acids is 5. The van der Waals surface area contributed by atoms with Crippen LogP contribution in [0.25, 0.3) is 21.9 Å². The van der Waals surface area contributed by atoms with Crippen LogP contribution in [0.2, 0.25) is 0 Å². The Labute approximate surface area is 294 Å². The van der Waals surface area contributed by atoms with Crippen LogP contribution >= 0.6 is 0 Å². The molecule has 0 bridgehead atoms. The molecule has 6 rings (SSSR count). The van der Waals surface area contributed by atoms with Gasteiger partial charge in [-0.3, -0.25) is 24.0 Å². The van der Waals surface area contributed by atoms with E-state index in [1.54, 1.807) is 20.8 Å². The first kappa shape index (κ1) is 35.8. The molecule has 3 aromatic rings. The summed E-state index contributed by atoms with van der Waals surface area (Å²) in [6.07, 6.45) is 5.77. The Kier molecular flexibility index (Phi) is 9.08. The van der Waals surface area contributed by atoms with Gasteiger partial charge in [0.1, 0.15) is 17.5 Å². The maximum absolute atomic E-state index is 14.7. The van der Waals surface area contributed by atoms with Gasteiger partial charge >= 0.3 is 0 Å². The second-order valence-electron chi connectivity index (χ2n) is 16.3. The number of hydrogen-bond acceptors (Lipinski definition) is 7. The molecule has 7 nitrogen and oxygen atoms in total. The Balaban J connectivity index is 1.52. The normalized spacial score (nSPS) is 29.4. The average Bonchev–Trinajstić information content (AvgIpc) is 3.03. The Hall–Kier alpha value is -3.97. The van der Waals surface area contributed by atoms with Crippen LogP contribution in [-0.2, 0) is 32.0 Å². The summed E-state index contributed by atoms with van der Waals surface area (Å²) < 4.78 is 0. The molecule has 3 unspecified atom stereocenters. The number of fused-ring (bicyclic) bond motifs is 4. The van der Waals surface area contributed by atoms with E-state index >= 15 is 0 Å². The van der Waals surface area contributed by atoms with E-state index in [2.05, 4.69) is 38.1 Å². The maximum atomic E-state index is 14.7. The Morgan fingerprint density at radius 2 is 1.50 bits per heavy atom. The van der Waals surface area contributed by atoms with E-state index in [1.165, 1.54) is 11.6 Å². The van der Waals surface area contributed by atoms with Gasteiger partial charge in [0.2, 0.25) is 0 Å². The van der Waals surface area contributed by atoms with E-state index in [4.69, 9.17) is 0 Å². The Morgan fingerprint density at radius 1 is 0.880 bits per heavy atom. The number of rotatable bonds is 9. The summed E-state index contributed by atoms with van der Waals surface area (Å²) in [5, 5.41) is 25.7. The summed E-state index contributed by atoms with van der Waals surface area (Å²) in [6.45, 7) is 12.6. The second kappa shape index (κ2) is 12.7. The number of aromatic hydroxyl groups is 1. The van der Waals surface area contributed by atoms with E-state index in [9.17, 15) is 34.2 Å². The van der Waals surface area contributed by atoms with Crippen LogP contribution in [0.1, 0.15) is 102 Å². The van der Waals surface area contributed by atoms with Crippen molar-refractivity contribution in [1.29, 1.82) is 0 Å². The van der Waals surface area contributed by atoms with Crippen molar-refractivity contribution in [3.8, 4) is 16.9 Å². The van der Waals surface area contributed by atoms with Crippen LogP contribution in [0.5, 0.6) is 5.75 Å². The van der Waals surface area contributed by atoms with E-state index in [0.29, 0.717) is 11.5 Å². The molecule has 3 aromatic carbocycles. The summed E-state index contributed by atoms with van der Waals surface area (Å²) in [4.78, 5) is 69.8. The standard InChI is InChI=1S/C43H50O7/c1-8-12-25(13-9-2)20-26-16-17-29(28-15-11-10-14-27(26)28)30-18-19-32(45)34-31(30)21-41(6)22-42(7)35(23(3)4)37(46)33(24(5)44)39(48)43(42,50)40(49)36(41)38(34)47/h10-11,14-19,23,25,33,35-36,45,50H,8-9,12-13,20-22H2,1-7H3/t33?,35?,36?,41-,42-,43+/m1/s1. The molecule has 0 aromatic heterocycles. The van der Waals surface area contributed by atoms with Gasteiger partial charge in [-0.1, -0.05) is 110 Å². The predicted molar refractivity (Wildman–Crippen MR) is 193 cm³/mol. The molecule has 0 spiro atoms. The molecule has 0 saturated heterocycles. The highest BCUT2D eigenvalue weighted by Crippen LogP contribution is 2.64. The van der Waals surface area contributed by atoms with Crippen LogP contribution in [0, 0.1) is 40.4 Å². The van der Waals surface area contributed by atoms with Gasteiger partial charge in [0.25, 0.3) is 0 Å². The molecule has 6 atom stereocenters. The fraction of sp³-hybridized carbons (Fsp3) is 0.512. The molecule has 264 valence electrons. The number of phenols is 1. The summed E-state index contributed by atoms with van der Waals surface area (Å²) in [6, 6.07) is 15.8. The lowest BCUT2D eigenvalue weighted by Gasteiger charge is -2.61. The van der Waals surface area contributed by atoms with Gasteiger partial charge in [-0.05, 0) is 82.5 Å². The molecule has 50 heavy (non-hydrogen) atoms. The van der Waals surface area contributed by atoms with Crippen molar-refractivity contribution >= 4 is 39.7 Å². The Bertz CT molecular complexity index is 1930. The number of hydrogen-bond donors (Lipinski definition) is 2. The van der Waals surface area contributed by atoms with Crippen molar-refractivity contribution in [1.82, 2.24) is 0 Å². The highest BCUT2D eigenvalue weighted by molar-refractivity contribution is 6.32. The van der Waals surface area contributed by atoms with E-state index in [-0.39, 0.29) is 24.2 Å². The molecule has 2 fully saturated rings. The predicted octanol–water partition coefficient (Wildman–Crippen LogP) is 7.67. The topological polar surface area (TPSA) is 126 Å². The van der Waals surface area contributed by atoms with Crippen LogP contribution < -0.4 is 0 Å². The zero-order chi connectivity index (χ0) is 36.5. The van der Waals surface area contributed by atoms with Gasteiger partial charge in [0.15, 0.2) is 28.7 Å². The van der Waals surface area contributed by atoms with Crippen molar-refractivity contribution in [3.63, 3.8) is 0 Å². The summed E-state index contributed by atoms with van der Waals surface area (Å²) >= 11 is 0. The summed E-state index contributed by atoms with van der Waals surface area (Å²) in [5.74, 6) is -8.33. The van der Waals surface area contributed by atoms with Crippen molar-refractivity contribution < 1.29 is 34.2 Å². The molecule has 2 saturated carbocycles. The van der Waals surface area contributed by atoms with Gasteiger partial charge in [-0.25, -0.2) is 0 Å². The van der Waals surface area contributed by atoms with Crippen molar-refractivity contribution in [2.45, 2.75) is 99.0 Å². The largest absolute Gasteiger partial charge is 0.507 e. The van der Waals surface area contributed by atoms with Crippen LogP contribution in [0.15, 0.2) is 48.5 Å². The molecule has 3 aliphatic carbocycles. The molecule has 7 heteroatoms. The van der Waals surface area contributed by atoms with Gasteiger partial charge < -0.3 is 10.2 Å². The zero-order valence-electron chi connectivity index (χ0n) is 30.4.